The van der Waals surface area contributed by atoms with E-state index < -0.39 is 24.1 Å². The number of nitrogens with zero attached hydrogens (tertiary/aromatic N) is 5. The molecule has 2 aliphatic rings. The third kappa shape index (κ3) is 5.70. The molecule has 1 N–H and O–H groups in total. The van der Waals surface area contributed by atoms with Crippen molar-refractivity contribution < 1.29 is 31.8 Å². The van der Waals surface area contributed by atoms with Crippen molar-refractivity contribution in [1.29, 1.82) is 0 Å². The van der Waals surface area contributed by atoms with Crippen molar-refractivity contribution in [3.05, 3.63) is 35.9 Å². The minimum absolute atomic E-state index is 0.122. The van der Waals surface area contributed by atoms with Crippen LogP contribution in [0.4, 0.5) is 29.5 Å². The van der Waals surface area contributed by atoms with Crippen LogP contribution in [0.25, 0.3) is 0 Å². The first-order valence-electron chi connectivity index (χ1n) is 10.8. The molecule has 1 aromatic heterocycles. The molecule has 9 nitrogen and oxygen atoms in total. The molecule has 2 fully saturated rings. The molecule has 184 valence electrons. The zero-order chi connectivity index (χ0) is 24.3. The normalized spacial score (nSPS) is 19.7. The number of aromatic nitrogens is 3. The number of rotatable bonds is 5. The molecule has 0 bridgehead atoms. The SMILES string of the molecule is CN(C(=O)C(F)(F)F)c1nc(C2CNCCO2)nc(N2CCC(Oc3ccc(F)cc3)CC2)n1. The molecule has 4 rings (SSSR count). The van der Waals surface area contributed by atoms with Crippen molar-refractivity contribution in [3.8, 4) is 5.75 Å². The van der Waals surface area contributed by atoms with E-state index in [0.29, 0.717) is 56.3 Å². The molecule has 2 aromatic rings. The average molecular weight is 484 g/mol. The summed E-state index contributed by atoms with van der Waals surface area (Å²) in [4.78, 5) is 26.7. The van der Waals surface area contributed by atoms with Crippen LogP contribution >= 0.6 is 0 Å². The number of piperidine rings is 1. The maximum absolute atomic E-state index is 13.1. The van der Waals surface area contributed by atoms with Gasteiger partial charge in [0.25, 0.3) is 0 Å². The predicted molar refractivity (Wildman–Crippen MR) is 113 cm³/mol. The Hall–Kier alpha value is -3.06. The van der Waals surface area contributed by atoms with Crippen LogP contribution in [0, 0.1) is 5.82 Å². The molecule has 0 saturated carbocycles. The van der Waals surface area contributed by atoms with Crippen LogP contribution in [0.1, 0.15) is 24.8 Å². The molecule has 0 aliphatic carbocycles. The van der Waals surface area contributed by atoms with E-state index in [1.165, 1.54) is 12.1 Å². The summed E-state index contributed by atoms with van der Waals surface area (Å²) in [6.07, 6.45) is -4.59. The van der Waals surface area contributed by atoms with Crippen molar-refractivity contribution in [2.24, 2.45) is 0 Å². The topological polar surface area (TPSA) is 92.7 Å². The largest absolute Gasteiger partial charge is 0.490 e. The molecule has 13 heteroatoms. The van der Waals surface area contributed by atoms with Gasteiger partial charge in [0.15, 0.2) is 5.82 Å². The second kappa shape index (κ2) is 10.1. The maximum atomic E-state index is 13.1. The van der Waals surface area contributed by atoms with Gasteiger partial charge in [-0.3, -0.25) is 9.69 Å². The summed E-state index contributed by atoms with van der Waals surface area (Å²) in [7, 11) is 0.974. The standard InChI is InChI=1S/C21H24F4N6O3/c1-30(18(32)21(23,24)25)19-27-17(16-12-26-8-11-33-16)28-20(29-19)31-9-6-15(7-10-31)34-14-4-2-13(22)3-5-14/h2-5,15-16,26H,6-12H2,1H3. The second-order valence-electron chi connectivity index (χ2n) is 7.98. The first kappa shape index (κ1) is 24.1. The Morgan fingerprint density at radius 3 is 2.50 bits per heavy atom. The van der Waals surface area contributed by atoms with Gasteiger partial charge in [-0.25, -0.2) is 4.39 Å². The third-order valence-electron chi connectivity index (χ3n) is 5.53. The number of carbonyl (C=O) groups is 1. The number of anilines is 2. The zero-order valence-electron chi connectivity index (χ0n) is 18.4. The Labute approximate surface area is 193 Å². The van der Waals surface area contributed by atoms with Gasteiger partial charge in [-0.05, 0) is 24.3 Å². The molecule has 1 aromatic carbocycles. The summed E-state index contributed by atoms with van der Waals surface area (Å²) >= 11 is 0. The number of nitrogens with one attached hydrogen (secondary N) is 1. The van der Waals surface area contributed by atoms with E-state index in [2.05, 4.69) is 20.3 Å². The fraction of sp³-hybridized carbons (Fsp3) is 0.524. The van der Waals surface area contributed by atoms with Crippen LogP contribution in [-0.2, 0) is 9.53 Å². The molecule has 3 heterocycles. The third-order valence-corrected chi connectivity index (χ3v) is 5.53. The van der Waals surface area contributed by atoms with E-state index in [1.807, 2.05) is 0 Å². The lowest BCUT2D eigenvalue weighted by molar-refractivity contribution is -0.170. The molecule has 2 saturated heterocycles. The summed E-state index contributed by atoms with van der Waals surface area (Å²) in [5.74, 6) is -1.96. The lowest BCUT2D eigenvalue weighted by Crippen LogP contribution is -2.42. The highest BCUT2D eigenvalue weighted by Gasteiger charge is 2.43. The second-order valence-corrected chi connectivity index (χ2v) is 7.98. The summed E-state index contributed by atoms with van der Waals surface area (Å²) < 4.78 is 63.6. The van der Waals surface area contributed by atoms with Gasteiger partial charge in [0.1, 0.15) is 23.8 Å². The number of hydrogen-bond donors (Lipinski definition) is 1. The van der Waals surface area contributed by atoms with Crippen LogP contribution in [-0.4, -0.2) is 73.0 Å². The van der Waals surface area contributed by atoms with E-state index in [1.54, 1.807) is 17.0 Å². The molecule has 0 spiro atoms. The van der Waals surface area contributed by atoms with E-state index in [9.17, 15) is 22.4 Å². The maximum Gasteiger partial charge on any atom is 0.471 e. The molecule has 0 radical (unpaired) electrons. The number of morpholine rings is 1. The predicted octanol–water partition coefficient (Wildman–Crippen LogP) is 2.24. The molecular formula is C21H24F4N6O3. The van der Waals surface area contributed by atoms with Gasteiger partial charge in [0, 0.05) is 46.1 Å². The van der Waals surface area contributed by atoms with Crippen LogP contribution in [0.15, 0.2) is 24.3 Å². The Morgan fingerprint density at radius 1 is 1.18 bits per heavy atom. The van der Waals surface area contributed by atoms with Gasteiger partial charge in [-0.2, -0.15) is 28.1 Å². The number of benzene rings is 1. The van der Waals surface area contributed by atoms with Gasteiger partial charge in [-0.15, -0.1) is 0 Å². The number of hydrogen-bond acceptors (Lipinski definition) is 8. The van der Waals surface area contributed by atoms with E-state index in [-0.39, 0.29) is 23.7 Å². The molecule has 1 amide bonds. The average Bonchev–Trinajstić information content (AvgIpc) is 2.84. The molecule has 2 aliphatic heterocycles. The first-order chi connectivity index (χ1) is 16.2. The van der Waals surface area contributed by atoms with E-state index in [0.717, 1.165) is 7.05 Å². The molecule has 34 heavy (non-hydrogen) atoms. The van der Waals surface area contributed by atoms with Crippen LogP contribution in [0.3, 0.4) is 0 Å². The Morgan fingerprint density at radius 2 is 1.88 bits per heavy atom. The van der Waals surface area contributed by atoms with E-state index in [4.69, 9.17) is 9.47 Å². The minimum Gasteiger partial charge on any atom is -0.490 e. The van der Waals surface area contributed by atoms with Crippen LogP contribution < -0.4 is 19.9 Å². The molecule has 1 unspecified atom stereocenters. The zero-order valence-corrected chi connectivity index (χ0v) is 18.4. The van der Waals surface area contributed by atoms with Crippen LogP contribution in [0.5, 0.6) is 5.75 Å². The highest BCUT2D eigenvalue weighted by molar-refractivity contribution is 5.95. The number of halogens is 4. The first-order valence-corrected chi connectivity index (χ1v) is 10.8. The van der Waals surface area contributed by atoms with Crippen molar-refractivity contribution in [2.75, 3.05) is 49.6 Å². The highest BCUT2D eigenvalue weighted by Crippen LogP contribution is 2.26. The molecular weight excluding hydrogens is 460 g/mol. The van der Waals surface area contributed by atoms with Gasteiger partial charge in [0.2, 0.25) is 11.9 Å². The summed E-state index contributed by atoms with van der Waals surface area (Å²) in [5.41, 5.74) is 0. The number of alkyl halides is 3. The van der Waals surface area contributed by atoms with Gasteiger partial charge < -0.3 is 19.7 Å². The fourth-order valence-corrected chi connectivity index (χ4v) is 3.70. The van der Waals surface area contributed by atoms with Crippen molar-refractivity contribution in [3.63, 3.8) is 0 Å². The minimum atomic E-state index is -5.07. The lowest BCUT2D eigenvalue weighted by Gasteiger charge is -2.33. The highest BCUT2D eigenvalue weighted by atomic mass is 19.4. The fourth-order valence-electron chi connectivity index (χ4n) is 3.70. The van der Waals surface area contributed by atoms with Crippen molar-refractivity contribution in [1.82, 2.24) is 20.3 Å². The Bertz CT molecular complexity index is 993. The number of carbonyl (C=O) groups excluding carboxylic acids is 1. The van der Waals surface area contributed by atoms with Gasteiger partial charge >= 0.3 is 12.1 Å². The quantitative estimate of drug-likeness (QED) is 0.647. The van der Waals surface area contributed by atoms with E-state index >= 15 is 0 Å². The van der Waals surface area contributed by atoms with Crippen LogP contribution in [0.2, 0.25) is 0 Å². The summed E-state index contributed by atoms with van der Waals surface area (Å²) in [5, 5.41) is 3.12. The van der Waals surface area contributed by atoms with Gasteiger partial charge in [-0.1, -0.05) is 0 Å². The van der Waals surface area contributed by atoms with Gasteiger partial charge in [0.05, 0.1) is 6.61 Å². The number of amides is 1. The lowest BCUT2D eigenvalue weighted by atomic mass is 10.1. The van der Waals surface area contributed by atoms with Crippen molar-refractivity contribution >= 4 is 17.8 Å². The Kier molecular flexibility index (Phi) is 7.12. The molecule has 1 atom stereocenters. The summed E-state index contributed by atoms with van der Waals surface area (Å²) in [6, 6.07) is 5.74. The number of ether oxygens (including phenoxy) is 2. The smallest absolute Gasteiger partial charge is 0.471 e. The summed E-state index contributed by atoms with van der Waals surface area (Å²) in [6.45, 7) is 2.35. The Balaban J connectivity index is 1.52. The monoisotopic (exact) mass is 484 g/mol. The van der Waals surface area contributed by atoms with Crippen molar-refractivity contribution in [2.45, 2.75) is 31.2 Å².